The first kappa shape index (κ1) is 13.0. The summed E-state index contributed by atoms with van der Waals surface area (Å²) in [4.78, 5) is 17.2. The zero-order chi connectivity index (χ0) is 13.9. The van der Waals surface area contributed by atoms with Crippen LogP contribution < -0.4 is 4.74 Å². The second kappa shape index (κ2) is 5.54. The number of benzene rings is 1. The number of rotatable bonds is 3. The first-order valence-electron chi connectivity index (χ1n) is 6.85. The lowest BCUT2D eigenvalue weighted by Gasteiger charge is -2.29. The zero-order valence-electron chi connectivity index (χ0n) is 11.5. The number of hydrogen-bond acceptors (Lipinski definition) is 3. The number of nitrogens with zero attached hydrogens (tertiary/aromatic N) is 1. The third kappa shape index (κ3) is 2.49. The van der Waals surface area contributed by atoms with Crippen molar-refractivity contribution in [2.24, 2.45) is 0 Å². The summed E-state index contributed by atoms with van der Waals surface area (Å²) in [6, 6.07) is 7.79. The molecule has 5 heteroatoms. The number of nitrogens with one attached hydrogen (secondary N) is 1. The molecule has 0 aliphatic carbocycles. The van der Waals surface area contributed by atoms with Crippen LogP contribution in [0.15, 0.2) is 30.5 Å². The van der Waals surface area contributed by atoms with Gasteiger partial charge in [0.2, 0.25) is 0 Å². The number of amides is 1. The van der Waals surface area contributed by atoms with Crippen LogP contribution in [0.25, 0.3) is 10.9 Å². The molecular weight excluding hydrogens is 256 g/mol. The fraction of sp³-hybridized carbons (Fsp3) is 0.400. The first-order chi connectivity index (χ1) is 9.75. The highest BCUT2D eigenvalue weighted by molar-refractivity contribution is 5.86. The minimum atomic E-state index is -0.498. The van der Waals surface area contributed by atoms with Crippen LogP contribution >= 0.6 is 0 Å². The maximum absolute atomic E-state index is 12.3. The van der Waals surface area contributed by atoms with E-state index in [2.05, 4.69) is 4.98 Å². The van der Waals surface area contributed by atoms with E-state index in [0.29, 0.717) is 32.1 Å². The number of hydrogen-bond donors (Lipinski definition) is 1. The molecule has 1 saturated heterocycles. The highest BCUT2D eigenvalue weighted by Crippen LogP contribution is 2.25. The molecule has 0 radical (unpaired) electrons. The molecule has 1 aromatic heterocycles. The zero-order valence-corrected chi connectivity index (χ0v) is 11.5. The molecule has 1 aliphatic heterocycles. The number of H-pyrrole nitrogens is 1. The smallest absolute Gasteiger partial charge is 0.263 e. The van der Waals surface area contributed by atoms with Gasteiger partial charge in [0.15, 0.2) is 6.10 Å². The van der Waals surface area contributed by atoms with Gasteiger partial charge in [-0.3, -0.25) is 4.79 Å². The van der Waals surface area contributed by atoms with Gasteiger partial charge < -0.3 is 19.4 Å². The van der Waals surface area contributed by atoms with E-state index in [-0.39, 0.29) is 5.91 Å². The second-order valence-corrected chi connectivity index (χ2v) is 4.90. The highest BCUT2D eigenvalue weighted by Gasteiger charge is 2.24. The topological polar surface area (TPSA) is 54.6 Å². The van der Waals surface area contributed by atoms with Gasteiger partial charge in [0.1, 0.15) is 5.75 Å². The predicted octanol–water partition coefficient (Wildman–Crippen LogP) is 1.79. The van der Waals surface area contributed by atoms with Gasteiger partial charge >= 0.3 is 0 Å². The lowest BCUT2D eigenvalue weighted by molar-refractivity contribution is -0.142. The maximum atomic E-state index is 12.3. The Morgan fingerprint density at radius 1 is 1.35 bits per heavy atom. The molecule has 1 aliphatic rings. The van der Waals surface area contributed by atoms with Crippen LogP contribution in [0, 0.1) is 0 Å². The van der Waals surface area contributed by atoms with Crippen molar-refractivity contribution in [2.75, 3.05) is 26.3 Å². The molecule has 1 amide bonds. The number of para-hydroxylation sites is 1. The van der Waals surface area contributed by atoms with Crippen LogP contribution in [0.2, 0.25) is 0 Å². The third-order valence-corrected chi connectivity index (χ3v) is 3.52. The van der Waals surface area contributed by atoms with Crippen molar-refractivity contribution in [1.29, 1.82) is 0 Å². The van der Waals surface area contributed by atoms with Gasteiger partial charge in [-0.25, -0.2) is 0 Å². The van der Waals surface area contributed by atoms with E-state index in [1.54, 1.807) is 11.8 Å². The van der Waals surface area contributed by atoms with Gasteiger partial charge in [0.25, 0.3) is 5.91 Å². The van der Waals surface area contributed by atoms with E-state index in [9.17, 15) is 4.79 Å². The number of fused-ring (bicyclic) bond motifs is 1. The molecule has 20 heavy (non-hydrogen) atoms. The summed E-state index contributed by atoms with van der Waals surface area (Å²) in [6.45, 7) is 4.27. The monoisotopic (exact) mass is 274 g/mol. The van der Waals surface area contributed by atoms with Crippen LogP contribution in [0.3, 0.4) is 0 Å². The number of carbonyl (C=O) groups excluding carboxylic acids is 1. The molecule has 2 aromatic rings. The molecule has 2 heterocycles. The molecule has 0 spiro atoms. The highest BCUT2D eigenvalue weighted by atomic mass is 16.5. The third-order valence-electron chi connectivity index (χ3n) is 3.52. The Morgan fingerprint density at radius 2 is 2.15 bits per heavy atom. The van der Waals surface area contributed by atoms with E-state index in [0.717, 1.165) is 10.9 Å². The maximum Gasteiger partial charge on any atom is 0.263 e. The van der Waals surface area contributed by atoms with Crippen molar-refractivity contribution < 1.29 is 14.3 Å². The SMILES string of the molecule is C[C@H](Oc1cccc2cc[nH]c12)C(=O)N1CCOCC1. The predicted molar refractivity (Wildman–Crippen MR) is 75.8 cm³/mol. The Balaban J connectivity index is 1.73. The standard InChI is InChI=1S/C15H18N2O3/c1-11(15(18)17-7-9-19-10-8-17)20-13-4-2-3-12-5-6-16-14(12)13/h2-6,11,16H,7-10H2,1H3/t11-/m0/s1. The van der Waals surface area contributed by atoms with Crippen LogP contribution in [-0.2, 0) is 9.53 Å². The molecule has 0 bridgehead atoms. The second-order valence-electron chi connectivity index (χ2n) is 4.90. The fourth-order valence-corrected chi connectivity index (χ4v) is 2.44. The Kier molecular flexibility index (Phi) is 3.60. The van der Waals surface area contributed by atoms with Crippen molar-refractivity contribution >= 4 is 16.8 Å². The van der Waals surface area contributed by atoms with E-state index < -0.39 is 6.10 Å². The van der Waals surface area contributed by atoms with Crippen molar-refractivity contribution in [3.63, 3.8) is 0 Å². The molecule has 0 unspecified atom stereocenters. The summed E-state index contributed by atoms with van der Waals surface area (Å²) in [5.41, 5.74) is 0.925. The van der Waals surface area contributed by atoms with E-state index in [1.165, 1.54) is 0 Å². The molecule has 1 N–H and O–H groups in total. The van der Waals surface area contributed by atoms with Gasteiger partial charge in [-0.15, -0.1) is 0 Å². The summed E-state index contributed by atoms with van der Waals surface area (Å²) < 4.78 is 11.1. The van der Waals surface area contributed by atoms with Crippen LogP contribution in [-0.4, -0.2) is 48.2 Å². The fourth-order valence-electron chi connectivity index (χ4n) is 2.44. The van der Waals surface area contributed by atoms with E-state index >= 15 is 0 Å². The van der Waals surface area contributed by atoms with Gasteiger partial charge in [0, 0.05) is 24.7 Å². The van der Waals surface area contributed by atoms with Crippen molar-refractivity contribution in [3.8, 4) is 5.75 Å². The van der Waals surface area contributed by atoms with Crippen LogP contribution in [0.1, 0.15) is 6.92 Å². The average Bonchev–Trinajstić information content (AvgIpc) is 2.97. The van der Waals surface area contributed by atoms with Gasteiger partial charge in [-0.1, -0.05) is 12.1 Å². The molecular formula is C15H18N2O3. The van der Waals surface area contributed by atoms with E-state index in [1.807, 2.05) is 30.5 Å². The number of aromatic nitrogens is 1. The lowest BCUT2D eigenvalue weighted by atomic mass is 10.2. The normalized spacial score (nSPS) is 17.1. The molecule has 3 rings (SSSR count). The molecule has 5 nitrogen and oxygen atoms in total. The molecule has 1 atom stereocenters. The minimum absolute atomic E-state index is 0.0110. The largest absolute Gasteiger partial charge is 0.479 e. The van der Waals surface area contributed by atoms with Crippen molar-refractivity contribution in [2.45, 2.75) is 13.0 Å². The lowest BCUT2D eigenvalue weighted by Crippen LogP contribution is -2.46. The number of morpholine rings is 1. The number of ether oxygens (including phenoxy) is 2. The van der Waals surface area contributed by atoms with Crippen molar-refractivity contribution in [3.05, 3.63) is 30.5 Å². The van der Waals surface area contributed by atoms with Gasteiger partial charge in [-0.2, -0.15) is 0 Å². The van der Waals surface area contributed by atoms with Crippen LogP contribution in [0.5, 0.6) is 5.75 Å². The summed E-state index contributed by atoms with van der Waals surface area (Å²) in [5.74, 6) is 0.721. The number of aromatic amines is 1. The Morgan fingerprint density at radius 3 is 2.95 bits per heavy atom. The Hall–Kier alpha value is -2.01. The number of carbonyl (C=O) groups is 1. The molecule has 0 saturated carbocycles. The summed E-state index contributed by atoms with van der Waals surface area (Å²) in [7, 11) is 0. The van der Waals surface area contributed by atoms with Crippen molar-refractivity contribution in [1.82, 2.24) is 9.88 Å². The first-order valence-corrected chi connectivity index (χ1v) is 6.85. The molecule has 106 valence electrons. The van der Waals surface area contributed by atoms with E-state index in [4.69, 9.17) is 9.47 Å². The minimum Gasteiger partial charge on any atom is -0.479 e. The Labute approximate surface area is 117 Å². The van der Waals surface area contributed by atoms with Gasteiger partial charge in [-0.05, 0) is 19.1 Å². The Bertz CT molecular complexity index is 602. The molecule has 1 fully saturated rings. The van der Waals surface area contributed by atoms with Gasteiger partial charge in [0.05, 0.1) is 18.7 Å². The molecule has 1 aromatic carbocycles. The van der Waals surface area contributed by atoms with Crippen LogP contribution in [0.4, 0.5) is 0 Å². The summed E-state index contributed by atoms with van der Waals surface area (Å²) >= 11 is 0. The summed E-state index contributed by atoms with van der Waals surface area (Å²) in [6.07, 6.45) is 1.37. The quantitative estimate of drug-likeness (QED) is 0.928. The summed E-state index contributed by atoms with van der Waals surface area (Å²) in [5, 5.41) is 1.08. The average molecular weight is 274 g/mol.